The summed E-state index contributed by atoms with van der Waals surface area (Å²) in [7, 11) is -3.76. The fraction of sp³-hybridized carbons (Fsp3) is 0.143. The topological polar surface area (TPSA) is 43.4 Å². The van der Waals surface area contributed by atoms with Gasteiger partial charge in [0.05, 0.1) is 0 Å². The Hall–Kier alpha value is -1.81. The van der Waals surface area contributed by atoms with Crippen molar-refractivity contribution in [3.05, 3.63) is 59.7 Å². The van der Waals surface area contributed by atoms with Gasteiger partial charge < -0.3 is 4.18 Å². The maximum Gasteiger partial charge on any atom is 0.339 e. The van der Waals surface area contributed by atoms with Crippen LogP contribution in [0.4, 0.5) is 0 Å². The number of aryl methyl sites for hydroxylation is 2. The largest absolute Gasteiger partial charge is 0.379 e. The molecule has 0 aliphatic heterocycles. The van der Waals surface area contributed by atoms with E-state index in [1.165, 1.54) is 0 Å². The van der Waals surface area contributed by atoms with Crippen LogP contribution in [0, 0.1) is 13.8 Å². The molecule has 0 bridgehead atoms. The Labute approximate surface area is 107 Å². The average molecular weight is 262 g/mol. The van der Waals surface area contributed by atoms with Crippen LogP contribution in [0.2, 0.25) is 0 Å². The van der Waals surface area contributed by atoms with E-state index in [-0.39, 0.29) is 4.90 Å². The summed E-state index contributed by atoms with van der Waals surface area (Å²) in [6.45, 7) is 3.68. The number of hydrogen-bond donors (Lipinski definition) is 0. The van der Waals surface area contributed by atoms with E-state index in [1.807, 2.05) is 13.0 Å². The summed E-state index contributed by atoms with van der Waals surface area (Å²) >= 11 is 0. The molecule has 0 amide bonds. The van der Waals surface area contributed by atoms with Crippen LogP contribution >= 0.6 is 0 Å². The molecule has 94 valence electrons. The van der Waals surface area contributed by atoms with Gasteiger partial charge in [0, 0.05) is 0 Å². The zero-order valence-electron chi connectivity index (χ0n) is 10.3. The van der Waals surface area contributed by atoms with E-state index in [1.54, 1.807) is 49.4 Å². The van der Waals surface area contributed by atoms with Crippen molar-refractivity contribution < 1.29 is 12.6 Å². The van der Waals surface area contributed by atoms with Gasteiger partial charge >= 0.3 is 10.1 Å². The van der Waals surface area contributed by atoms with Crippen LogP contribution in [0.15, 0.2) is 53.4 Å². The van der Waals surface area contributed by atoms with Gasteiger partial charge in [-0.1, -0.05) is 35.9 Å². The second kappa shape index (κ2) is 4.82. The van der Waals surface area contributed by atoms with Gasteiger partial charge in [0.2, 0.25) is 0 Å². The van der Waals surface area contributed by atoms with Crippen molar-refractivity contribution in [2.45, 2.75) is 18.7 Å². The number of benzene rings is 2. The van der Waals surface area contributed by atoms with E-state index in [0.717, 1.165) is 5.56 Å². The molecule has 0 spiro atoms. The van der Waals surface area contributed by atoms with Gasteiger partial charge in [0.1, 0.15) is 10.6 Å². The maximum atomic E-state index is 12.1. The highest BCUT2D eigenvalue weighted by molar-refractivity contribution is 7.87. The molecule has 18 heavy (non-hydrogen) atoms. The van der Waals surface area contributed by atoms with E-state index in [2.05, 4.69) is 0 Å². The van der Waals surface area contributed by atoms with Crippen molar-refractivity contribution in [3.63, 3.8) is 0 Å². The van der Waals surface area contributed by atoms with Crippen molar-refractivity contribution in [1.29, 1.82) is 0 Å². The highest BCUT2D eigenvalue weighted by Gasteiger charge is 2.18. The summed E-state index contributed by atoms with van der Waals surface area (Å²) in [5, 5.41) is 0. The molecule has 0 aliphatic carbocycles. The SMILES string of the molecule is Cc1ccc(S(=O)(=O)Oc2ccccc2)c(C)c1. The summed E-state index contributed by atoms with van der Waals surface area (Å²) in [6.07, 6.45) is 0. The highest BCUT2D eigenvalue weighted by atomic mass is 32.2. The third-order valence-electron chi connectivity index (χ3n) is 2.55. The number of para-hydroxylation sites is 1. The third-order valence-corrected chi connectivity index (χ3v) is 3.96. The van der Waals surface area contributed by atoms with E-state index >= 15 is 0 Å². The van der Waals surface area contributed by atoms with Gasteiger partial charge in [0.15, 0.2) is 0 Å². The molecule has 2 aromatic carbocycles. The summed E-state index contributed by atoms with van der Waals surface area (Å²) < 4.78 is 29.3. The van der Waals surface area contributed by atoms with Crippen molar-refractivity contribution in [1.82, 2.24) is 0 Å². The quantitative estimate of drug-likeness (QED) is 0.798. The molecular weight excluding hydrogens is 248 g/mol. The fourth-order valence-corrected chi connectivity index (χ4v) is 2.87. The van der Waals surface area contributed by atoms with Gasteiger partial charge in [-0.3, -0.25) is 0 Å². The van der Waals surface area contributed by atoms with Gasteiger partial charge in [-0.25, -0.2) is 0 Å². The first-order valence-corrected chi connectivity index (χ1v) is 6.97. The predicted octanol–water partition coefficient (Wildman–Crippen LogP) is 3.07. The van der Waals surface area contributed by atoms with E-state index < -0.39 is 10.1 Å². The summed E-state index contributed by atoms with van der Waals surface area (Å²) in [5.74, 6) is 0.317. The molecule has 0 fully saturated rings. The van der Waals surface area contributed by atoms with Gasteiger partial charge in [-0.15, -0.1) is 0 Å². The molecule has 0 heterocycles. The predicted molar refractivity (Wildman–Crippen MR) is 70.2 cm³/mol. The van der Waals surface area contributed by atoms with Crippen LogP contribution < -0.4 is 4.18 Å². The molecule has 0 radical (unpaired) electrons. The fourth-order valence-electron chi connectivity index (χ4n) is 1.73. The minimum absolute atomic E-state index is 0.206. The number of hydrogen-bond acceptors (Lipinski definition) is 3. The first-order chi connectivity index (χ1) is 8.49. The minimum Gasteiger partial charge on any atom is -0.379 e. The van der Waals surface area contributed by atoms with Crippen LogP contribution in [-0.2, 0) is 10.1 Å². The molecular formula is C14H14O3S. The van der Waals surface area contributed by atoms with Crippen LogP contribution in [0.25, 0.3) is 0 Å². The Morgan fingerprint density at radius 3 is 2.22 bits per heavy atom. The lowest BCUT2D eigenvalue weighted by Gasteiger charge is -2.09. The Balaban J connectivity index is 2.37. The van der Waals surface area contributed by atoms with E-state index in [4.69, 9.17) is 4.18 Å². The lowest BCUT2D eigenvalue weighted by atomic mass is 10.2. The molecule has 0 saturated heterocycles. The molecule has 0 atom stereocenters. The monoisotopic (exact) mass is 262 g/mol. The summed E-state index contributed by atoms with van der Waals surface area (Å²) in [4.78, 5) is 0.206. The first-order valence-electron chi connectivity index (χ1n) is 5.56. The van der Waals surface area contributed by atoms with E-state index in [9.17, 15) is 8.42 Å². The molecule has 3 nitrogen and oxygen atoms in total. The minimum atomic E-state index is -3.76. The lowest BCUT2D eigenvalue weighted by Crippen LogP contribution is -2.11. The summed E-state index contributed by atoms with van der Waals surface area (Å²) in [5.41, 5.74) is 1.71. The second-order valence-corrected chi connectivity index (χ2v) is 5.63. The Morgan fingerprint density at radius 2 is 1.61 bits per heavy atom. The van der Waals surface area contributed by atoms with Gasteiger partial charge in [-0.05, 0) is 37.6 Å². The lowest BCUT2D eigenvalue weighted by molar-refractivity contribution is 0.485. The van der Waals surface area contributed by atoms with Crippen molar-refractivity contribution in [3.8, 4) is 5.75 Å². The van der Waals surface area contributed by atoms with Gasteiger partial charge in [-0.2, -0.15) is 8.42 Å². The Morgan fingerprint density at radius 1 is 0.944 bits per heavy atom. The summed E-state index contributed by atoms with van der Waals surface area (Å²) in [6, 6.07) is 13.6. The molecule has 4 heteroatoms. The van der Waals surface area contributed by atoms with Crippen LogP contribution in [0.1, 0.15) is 11.1 Å². The second-order valence-electron chi connectivity index (χ2n) is 4.12. The van der Waals surface area contributed by atoms with Crippen molar-refractivity contribution in [2.24, 2.45) is 0 Å². The molecule has 0 unspecified atom stereocenters. The first kappa shape index (κ1) is 12.6. The highest BCUT2D eigenvalue weighted by Crippen LogP contribution is 2.21. The normalized spacial score (nSPS) is 11.2. The van der Waals surface area contributed by atoms with Crippen molar-refractivity contribution in [2.75, 3.05) is 0 Å². The van der Waals surface area contributed by atoms with Crippen LogP contribution in [0.3, 0.4) is 0 Å². The molecule has 0 N–H and O–H groups in total. The zero-order valence-corrected chi connectivity index (χ0v) is 11.1. The average Bonchev–Trinajstić information content (AvgIpc) is 2.29. The molecule has 2 aromatic rings. The molecule has 0 aliphatic rings. The molecule has 0 aromatic heterocycles. The smallest absolute Gasteiger partial charge is 0.339 e. The Kier molecular flexibility index (Phi) is 3.39. The standard InChI is InChI=1S/C14H14O3S/c1-11-8-9-14(12(2)10-11)18(15,16)17-13-6-4-3-5-7-13/h3-10H,1-2H3. The third kappa shape index (κ3) is 2.71. The Bertz CT molecular complexity index is 646. The zero-order chi connectivity index (χ0) is 13.2. The van der Waals surface area contributed by atoms with Crippen LogP contribution in [0.5, 0.6) is 5.75 Å². The van der Waals surface area contributed by atoms with Crippen LogP contribution in [-0.4, -0.2) is 8.42 Å². The molecule has 2 rings (SSSR count). The van der Waals surface area contributed by atoms with Crippen molar-refractivity contribution >= 4 is 10.1 Å². The number of rotatable bonds is 3. The maximum absolute atomic E-state index is 12.1. The van der Waals surface area contributed by atoms with E-state index in [0.29, 0.717) is 11.3 Å². The molecule has 0 saturated carbocycles. The van der Waals surface area contributed by atoms with Gasteiger partial charge in [0.25, 0.3) is 0 Å².